The van der Waals surface area contributed by atoms with E-state index in [1.54, 1.807) is 13.8 Å². The van der Waals surface area contributed by atoms with Crippen LogP contribution in [0, 0.1) is 0 Å². The van der Waals surface area contributed by atoms with Crippen LogP contribution in [0.25, 0.3) is 0 Å². The molecule has 66 valence electrons. The van der Waals surface area contributed by atoms with E-state index in [-0.39, 0.29) is 5.91 Å². The zero-order chi connectivity index (χ0) is 8.91. The summed E-state index contributed by atoms with van der Waals surface area (Å²) in [7, 11) is 0. The zero-order valence-electron chi connectivity index (χ0n) is 7.48. The van der Waals surface area contributed by atoms with Crippen LogP contribution >= 0.6 is 0 Å². The van der Waals surface area contributed by atoms with Crippen LogP contribution in [0.3, 0.4) is 0 Å². The fraction of sp³-hybridized carbons (Fsp3) is 0.875. The summed E-state index contributed by atoms with van der Waals surface area (Å²) in [5, 5.41) is 11.9. The molecule has 0 aliphatic rings. The van der Waals surface area contributed by atoms with E-state index in [1.807, 2.05) is 0 Å². The second-order valence-electron chi connectivity index (χ2n) is 3.40. The van der Waals surface area contributed by atoms with Crippen molar-refractivity contribution in [1.82, 2.24) is 5.32 Å². The largest absolute Gasteiger partial charge is 0.390 e. The van der Waals surface area contributed by atoms with Crippen molar-refractivity contribution in [3.05, 3.63) is 0 Å². The normalized spacial score (nSPS) is 11.3. The summed E-state index contributed by atoms with van der Waals surface area (Å²) in [5.74, 6) is -0.0132. The molecule has 0 aromatic carbocycles. The van der Waals surface area contributed by atoms with Crippen LogP contribution in [0.1, 0.15) is 33.6 Å². The number of carbonyl (C=O) groups excluding carboxylic acids is 1. The molecule has 0 fully saturated rings. The highest BCUT2D eigenvalue weighted by molar-refractivity contribution is 5.72. The van der Waals surface area contributed by atoms with Gasteiger partial charge in [0.05, 0.1) is 5.60 Å². The standard InChI is InChI=1S/C8H17NO2/c1-7(10)9-6-4-5-8(2,3)11/h11H,4-6H2,1-3H3,(H,9,10). The second-order valence-corrected chi connectivity index (χ2v) is 3.40. The van der Waals surface area contributed by atoms with Gasteiger partial charge in [-0.3, -0.25) is 4.79 Å². The zero-order valence-corrected chi connectivity index (χ0v) is 7.48. The molecule has 0 aliphatic heterocycles. The average Bonchev–Trinajstić information content (AvgIpc) is 1.78. The van der Waals surface area contributed by atoms with E-state index >= 15 is 0 Å². The van der Waals surface area contributed by atoms with Gasteiger partial charge in [0.2, 0.25) is 5.91 Å². The van der Waals surface area contributed by atoms with E-state index in [0.717, 1.165) is 6.42 Å². The predicted molar refractivity (Wildman–Crippen MR) is 44.2 cm³/mol. The molecule has 0 aromatic heterocycles. The highest BCUT2D eigenvalue weighted by Crippen LogP contribution is 2.08. The Morgan fingerprint density at radius 1 is 1.55 bits per heavy atom. The molecular weight excluding hydrogens is 142 g/mol. The lowest BCUT2D eigenvalue weighted by atomic mass is 10.0. The van der Waals surface area contributed by atoms with Crippen LogP contribution in [0.15, 0.2) is 0 Å². The maximum atomic E-state index is 10.4. The molecular formula is C8H17NO2. The molecule has 3 nitrogen and oxygen atoms in total. The number of nitrogens with one attached hydrogen (secondary N) is 1. The van der Waals surface area contributed by atoms with Crippen molar-refractivity contribution in [3.63, 3.8) is 0 Å². The van der Waals surface area contributed by atoms with Gasteiger partial charge >= 0.3 is 0 Å². The third-order valence-electron chi connectivity index (χ3n) is 1.34. The number of amides is 1. The average molecular weight is 159 g/mol. The third kappa shape index (κ3) is 9.43. The molecule has 0 aromatic rings. The van der Waals surface area contributed by atoms with Crippen LogP contribution in [-0.4, -0.2) is 23.2 Å². The molecule has 0 atom stereocenters. The molecule has 0 unspecified atom stereocenters. The van der Waals surface area contributed by atoms with Crippen LogP contribution in [0.4, 0.5) is 0 Å². The minimum absolute atomic E-state index is 0.0132. The number of hydrogen-bond acceptors (Lipinski definition) is 2. The van der Waals surface area contributed by atoms with E-state index < -0.39 is 5.60 Å². The molecule has 0 radical (unpaired) electrons. The van der Waals surface area contributed by atoms with Crippen molar-refractivity contribution in [2.45, 2.75) is 39.2 Å². The molecule has 0 spiro atoms. The van der Waals surface area contributed by atoms with Gasteiger partial charge in [-0.1, -0.05) is 0 Å². The lowest BCUT2D eigenvalue weighted by Gasteiger charge is -2.16. The summed E-state index contributed by atoms with van der Waals surface area (Å²) in [6, 6.07) is 0. The Labute approximate surface area is 67.8 Å². The molecule has 2 N–H and O–H groups in total. The van der Waals surface area contributed by atoms with Gasteiger partial charge in [0.25, 0.3) is 0 Å². The molecule has 0 rings (SSSR count). The Morgan fingerprint density at radius 2 is 2.09 bits per heavy atom. The van der Waals surface area contributed by atoms with Crippen molar-refractivity contribution < 1.29 is 9.90 Å². The van der Waals surface area contributed by atoms with E-state index in [1.165, 1.54) is 6.92 Å². The quantitative estimate of drug-likeness (QED) is 0.592. The maximum Gasteiger partial charge on any atom is 0.216 e. The molecule has 11 heavy (non-hydrogen) atoms. The summed E-state index contributed by atoms with van der Waals surface area (Å²) in [6.45, 7) is 5.67. The fourth-order valence-electron chi connectivity index (χ4n) is 0.785. The lowest BCUT2D eigenvalue weighted by Crippen LogP contribution is -2.24. The van der Waals surface area contributed by atoms with Gasteiger partial charge in [-0.15, -0.1) is 0 Å². The Bertz CT molecular complexity index is 127. The van der Waals surface area contributed by atoms with E-state index in [2.05, 4.69) is 5.32 Å². The second kappa shape index (κ2) is 4.34. The van der Waals surface area contributed by atoms with Crippen molar-refractivity contribution in [3.8, 4) is 0 Å². The Hall–Kier alpha value is -0.570. The van der Waals surface area contributed by atoms with Gasteiger partial charge in [-0.05, 0) is 26.7 Å². The molecule has 3 heteroatoms. The van der Waals surface area contributed by atoms with Crippen LogP contribution in [0.5, 0.6) is 0 Å². The molecule has 0 saturated carbocycles. The molecule has 0 bridgehead atoms. The molecule has 0 saturated heterocycles. The van der Waals surface area contributed by atoms with Gasteiger partial charge in [0, 0.05) is 13.5 Å². The first kappa shape index (κ1) is 10.4. The molecule has 0 aliphatic carbocycles. The van der Waals surface area contributed by atoms with E-state index in [9.17, 15) is 9.90 Å². The smallest absolute Gasteiger partial charge is 0.216 e. The number of hydrogen-bond donors (Lipinski definition) is 2. The highest BCUT2D eigenvalue weighted by atomic mass is 16.3. The van der Waals surface area contributed by atoms with Gasteiger partial charge in [0.15, 0.2) is 0 Å². The van der Waals surface area contributed by atoms with E-state index in [0.29, 0.717) is 13.0 Å². The summed E-state index contributed by atoms with van der Waals surface area (Å²) >= 11 is 0. The number of aliphatic hydroxyl groups is 1. The topological polar surface area (TPSA) is 49.3 Å². The Balaban J connectivity index is 3.22. The fourth-order valence-corrected chi connectivity index (χ4v) is 0.785. The monoisotopic (exact) mass is 159 g/mol. The molecule has 0 heterocycles. The number of carbonyl (C=O) groups is 1. The highest BCUT2D eigenvalue weighted by Gasteiger charge is 2.10. The summed E-state index contributed by atoms with van der Waals surface area (Å²) in [5.41, 5.74) is -0.613. The van der Waals surface area contributed by atoms with Gasteiger partial charge in [-0.2, -0.15) is 0 Å². The van der Waals surface area contributed by atoms with Gasteiger partial charge < -0.3 is 10.4 Å². The first-order valence-electron chi connectivity index (χ1n) is 3.88. The van der Waals surface area contributed by atoms with E-state index in [4.69, 9.17) is 0 Å². The first-order chi connectivity index (χ1) is 4.92. The minimum Gasteiger partial charge on any atom is -0.390 e. The minimum atomic E-state index is -0.613. The van der Waals surface area contributed by atoms with Crippen molar-refractivity contribution >= 4 is 5.91 Å². The summed E-state index contributed by atoms with van der Waals surface area (Å²) in [4.78, 5) is 10.4. The van der Waals surface area contributed by atoms with Crippen LogP contribution < -0.4 is 5.32 Å². The van der Waals surface area contributed by atoms with Crippen molar-refractivity contribution in [1.29, 1.82) is 0 Å². The van der Waals surface area contributed by atoms with Gasteiger partial charge in [-0.25, -0.2) is 0 Å². The third-order valence-corrected chi connectivity index (χ3v) is 1.34. The number of rotatable bonds is 4. The van der Waals surface area contributed by atoms with Crippen LogP contribution in [-0.2, 0) is 4.79 Å². The van der Waals surface area contributed by atoms with Crippen molar-refractivity contribution in [2.75, 3.05) is 6.54 Å². The Morgan fingerprint density at radius 3 is 2.45 bits per heavy atom. The summed E-state index contributed by atoms with van der Waals surface area (Å²) < 4.78 is 0. The van der Waals surface area contributed by atoms with Crippen LogP contribution in [0.2, 0.25) is 0 Å². The lowest BCUT2D eigenvalue weighted by molar-refractivity contribution is -0.119. The molecule has 1 amide bonds. The first-order valence-corrected chi connectivity index (χ1v) is 3.88. The van der Waals surface area contributed by atoms with Crippen molar-refractivity contribution in [2.24, 2.45) is 0 Å². The Kier molecular flexibility index (Phi) is 4.11. The maximum absolute atomic E-state index is 10.4. The predicted octanol–water partition coefficient (Wildman–Crippen LogP) is 0.674. The van der Waals surface area contributed by atoms with Gasteiger partial charge in [0.1, 0.15) is 0 Å². The summed E-state index contributed by atoms with van der Waals surface area (Å²) in [6.07, 6.45) is 1.54. The SMILES string of the molecule is CC(=O)NCCCC(C)(C)O.